The molecule has 0 unspecified atom stereocenters. The van der Waals surface area contributed by atoms with Gasteiger partial charge in [-0.05, 0) is 73.5 Å². The lowest BCUT2D eigenvalue weighted by molar-refractivity contribution is -0.139. The van der Waals surface area contributed by atoms with Gasteiger partial charge in [0, 0.05) is 5.57 Å². The third kappa shape index (κ3) is 7.70. The standard InChI is InChI=1S/C29H28O8/c1-5-20-6-11-23(12-7-20)36-28(31)21-8-13-24(14-9-21)37-29(32)22-10-15-25(26(18-22)33-4)34-16-17-35-27(30)19(2)3/h6-15,18H,2,5,16-17H2,1,3-4H3. The Morgan fingerprint density at radius 2 is 1.32 bits per heavy atom. The highest BCUT2D eigenvalue weighted by atomic mass is 16.6. The maximum atomic E-state index is 12.6. The zero-order valence-corrected chi connectivity index (χ0v) is 20.9. The van der Waals surface area contributed by atoms with E-state index in [0.29, 0.717) is 28.4 Å². The van der Waals surface area contributed by atoms with Crippen LogP contribution in [0.25, 0.3) is 0 Å². The van der Waals surface area contributed by atoms with Crippen LogP contribution in [0.15, 0.2) is 78.9 Å². The normalized spacial score (nSPS) is 10.2. The molecule has 3 aromatic rings. The second-order valence-electron chi connectivity index (χ2n) is 7.93. The van der Waals surface area contributed by atoms with Crippen LogP contribution in [0.4, 0.5) is 0 Å². The molecule has 0 saturated carbocycles. The number of esters is 3. The van der Waals surface area contributed by atoms with Gasteiger partial charge in [0.05, 0.1) is 18.2 Å². The van der Waals surface area contributed by atoms with Crippen molar-refractivity contribution in [2.75, 3.05) is 20.3 Å². The molecule has 8 heteroatoms. The molecule has 3 rings (SSSR count). The fraction of sp³-hybridized carbons (Fsp3) is 0.207. The van der Waals surface area contributed by atoms with Crippen LogP contribution in [0, 0.1) is 0 Å². The lowest BCUT2D eigenvalue weighted by atomic mass is 10.2. The van der Waals surface area contributed by atoms with Crippen molar-refractivity contribution in [2.45, 2.75) is 20.3 Å². The molecule has 0 fully saturated rings. The molecule has 192 valence electrons. The minimum absolute atomic E-state index is 0.0350. The number of ether oxygens (including phenoxy) is 5. The van der Waals surface area contributed by atoms with Crippen LogP contribution in [-0.4, -0.2) is 38.2 Å². The lowest BCUT2D eigenvalue weighted by Crippen LogP contribution is -2.13. The van der Waals surface area contributed by atoms with E-state index in [1.54, 1.807) is 25.1 Å². The van der Waals surface area contributed by atoms with E-state index >= 15 is 0 Å². The van der Waals surface area contributed by atoms with Gasteiger partial charge in [-0.1, -0.05) is 25.6 Å². The molecule has 3 aromatic carbocycles. The van der Waals surface area contributed by atoms with Crippen LogP contribution < -0.4 is 18.9 Å². The molecule has 0 heterocycles. The molecule has 8 nitrogen and oxygen atoms in total. The second-order valence-corrected chi connectivity index (χ2v) is 7.93. The predicted molar refractivity (Wildman–Crippen MR) is 136 cm³/mol. The van der Waals surface area contributed by atoms with Crippen molar-refractivity contribution in [3.05, 3.63) is 95.6 Å². The van der Waals surface area contributed by atoms with Crippen molar-refractivity contribution in [3.63, 3.8) is 0 Å². The number of benzene rings is 3. The number of aryl methyl sites for hydroxylation is 1. The van der Waals surface area contributed by atoms with Gasteiger partial charge in [0.2, 0.25) is 0 Å². The monoisotopic (exact) mass is 504 g/mol. The van der Waals surface area contributed by atoms with E-state index in [4.69, 9.17) is 23.7 Å². The number of rotatable bonds is 11. The zero-order valence-electron chi connectivity index (χ0n) is 20.9. The molecule has 0 bridgehead atoms. The van der Waals surface area contributed by atoms with Crippen LogP contribution >= 0.6 is 0 Å². The molecule has 0 atom stereocenters. The molecule has 0 aliphatic heterocycles. The Morgan fingerprint density at radius 1 is 0.757 bits per heavy atom. The maximum Gasteiger partial charge on any atom is 0.343 e. The number of carbonyl (C=O) groups is 3. The van der Waals surface area contributed by atoms with Gasteiger partial charge in [0.25, 0.3) is 0 Å². The Balaban J connectivity index is 1.56. The third-order valence-corrected chi connectivity index (χ3v) is 5.16. The molecule has 0 radical (unpaired) electrons. The molecule has 0 aliphatic carbocycles. The topological polar surface area (TPSA) is 97.4 Å². The van der Waals surface area contributed by atoms with Crippen molar-refractivity contribution in [2.24, 2.45) is 0 Å². The fourth-order valence-corrected chi connectivity index (χ4v) is 3.11. The molecular formula is C29H28O8. The Kier molecular flexibility index (Phi) is 9.43. The minimum atomic E-state index is -0.619. The number of carbonyl (C=O) groups excluding carboxylic acids is 3. The van der Waals surface area contributed by atoms with Crippen LogP contribution in [0.2, 0.25) is 0 Å². The molecule has 0 saturated heterocycles. The predicted octanol–water partition coefficient (Wildman–Crippen LogP) is 5.19. The van der Waals surface area contributed by atoms with Gasteiger partial charge in [-0.25, -0.2) is 14.4 Å². The summed E-state index contributed by atoms with van der Waals surface area (Å²) in [7, 11) is 1.44. The second kappa shape index (κ2) is 12.9. The average Bonchev–Trinajstić information content (AvgIpc) is 2.91. The summed E-state index contributed by atoms with van der Waals surface area (Å²) in [6.07, 6.45) is 0.897. The first kappa shape index (κ1) is 27.0. The van der Waals surface area contributed by atoms with E-state index in [1.165, 1.54) is 43.5 Å². The van der Waals surface area contributed by atoms with Crippen molar-refractivity contribution >= 4 is 17.9 Å². The summed E-state index contributed by atoms with van der Waals surface area (Å²) in [6, 6.07) is 17.9. The number of methoxy groups -OCH3 is 1. The summed E-state index contributed by atoms with van der Waals surface area (Å²) in [4.78, 5) is 36.4. The fourth-order valence-electron chi connectivity index (χ4n) is 3.11. The smallest absolute Gasteiger partial charge is 0.343 e. The molecule has 0 aromatic heterocycles. The van der Waals surface area contributed by atoms with Gasteiger partial charge in [-0.15, -0.1) is 0 Å². The molecule has 0 aliphatic rings. The summed E-state index contributed by atoms with van der Waals surface area (Å²) >= 11 is 0. The van der Waals surface area contributed by atoms with Crippen molar-refractivity contribution in [3.8, 4) is 23.0 Å². The first-order valence-corrected chi connectivity index (χ1v) is 11.6. The van der Waals surface area contributed by atoms with Crippen molar-refractivity contribution < 1.29 is 38.1 Å². The minimum Gasteiger partial charge on any atom is -0.493 e. The van der Waals surface area contributed by atoms with Crippen molar-refractivity contribution in [1.29, 1.82) is 0 Å². The van der Waals surface area contributed by atoms with Gasteiger partial charge in [0.1, 0.15) is 24.7 Å². The van der Waals surface area contributed by atoms with E-state index < -0.39 is 17.9 Å². The van der Waals surface area contributed by atoms with Crippen LogP contribution in [0.3, 0.4) is 0 Å². The zero-order chi connectivity index (χ0) is 26.8. The molecule has 0 spiro atoms. The summed E-state index contributed by atoms with van der Waals surface area (Å²) in [5, 5.41) is 0. The maximum absolute atomic E-state index is 12.6. The molecular weight excluding hydrogens is 476 g/mol. The van der Waals surface area contributed by atoms with E-state index in [-0.39, 0.29) is 24.5 Å². The van der Waals surface area contributed by atoms with Gasteiger partial charge in [-0.2, -0.15) is 0 Å². The summed E-state index contributed by atoms with van der Waals surface area (Å²) < 4.78 is 26.7. The van der Waals surface area contributed by atoms with Gasteiger partial charge >= 0.3 is 17.9 Å². The Hall–Kier alpha value is -4.59. The van der Waals surface area contributed by atoms with Crippen LogP contribution in [0.1, 0.15) is 40.1 Å². The molecule has 0 N–H and O–H groups in total. The van der Waals surface area contributed by atoms with E-state index in [1.807, 2.05) is 19.1 Å². The number of hydrogen-bond donors (Lipinski definition) is 0. The van der Waals surface area contributed by atoms with Gasteiger partial charge < -0.3 is 23.7 Å². The third-order valence-electron chi connectivity index (χ3n) is 5.16. The van der Waals surface area contributed by atoms with Crippen LogP contribution in [0.5, 0.6) is 23.0 Å². The van der Waals surface area contributed by atoms with Gasteiger partial charge in [0.15, 0.2) is 11.5 Å². The SMILES string of the molecule is C=C(C)C(=O)OCCOc1ccc(C(=O)Oc2ccc(C(=O)Oc3ccc(CC)cc3)cc2)cc1OC. The first-order chi connectivity index (χ1) is 17.8. The average molecular weight is 505 g/mol. The first-order valence-electron chi connectivity index (χ1n) is 11.6. The Morgan fingerprint density at radius 3 is 1.89 bits per heavy atom. The van der Waals surface area contributed by atoms with Crippen molar-refractivity contribution in [1.82, 2.24) is 0 Å². The van der Waals surface area contributed by atoms with E-state index in [0.717, 1.165) is 12.0 Å². The summed E-state index contributed by atoms with van der Waals surface area (Å²) in [6.45, 7) is 7.24. The van der Waals surface area contributed by atoms with E-state index in [9.17, 15) is 14.4 Å². The Labute approximate surface area is 215 Å². The largest absolute Gasteiger partial charge is 0.493 e. The quantitative estimate of drug-likeness (QED) is 0.152. The highest BCUT2D eigenvalue weighted by molar-refractivity contribution is 5.93. The highest BCUT2D eigenvalue weighted by Crippen LogP contribution is 2.29. The highest BCUT2D eigenvalue weighted by Gasteiger charge is 2.15. The number of hydrogen-bond acceptors (Lipinski definition) is 8. The lowest BCUT2D eigenvalue weighted by Gasteiger charge is -2.12. The summed E-state index contributed by atoms with van der Waals surface area (Å²) in [5.41, 5.74) is 1.99. The Bertz CT molecular complexity index is 1260. The molecule has 0 amide bonds. The summed E-state index contributed by atoms with van der Waals surface area (Å²) in [5.74, 6) is -0.244. The van der Waals surface area contributed by atoms with Gasteiger partial charge in [-0.3, -0.25) is 0 Å². The van der Waals surface area contributed by atoms with E-state index in [2.05, 4.69) is 6.58 Å². The van der Waals surface area contributed by atoms with Crippen LogP contribution in [-0.2, 0) is 16.0 Å². The molecule has 37 heavy (non-hydrogen) atoms.